The van der Waals surface area contributed by atoms with Gasteiger partial charge in [0.05, 0.1) is 38.1 Å². The molecule has 332 valence electrons. The van der Waals surface area contributed by atoms with Crippen LogP contribution in [-0.4, -0.2) is 143 Å². The van der Waals surface area contributed by atoms with Gasteiger partial charge in [0.2, 0.25) is 0 Å². The Morgan fingerprint density at radius 2 is 1.52 bits per heavy atom. The first-order chi connectivity index (χ1) is 27.0. The van der Waals surface area contributed by atoms with Crippen LogP contribution in [0.5, 0.6) is 0 Å². The Balaban J connectivity index is 1.03. The maximum atomic E-state index is 12.4. The van der Waals surface area contributed by atoms with E-state index in [4.69, 9.17) is 28.4 Å². The predicted octanol–water partition coefficient (Wildman–Crippen LogP) is 1.83. The van der Waals surface area contributed by atoms with Crippen molar-refractivity contribution in [1.82, 2.24) is 0 Å². The summed E-state index contributed by atoms with van der Waals surface area (Å²) in [7, 11) is -4.94. The molecule has 4 saturated carbocycles. The van der Waals surface area contributed by atoms with Gasteiger partial charge in [-0.3, -0.25) is 4.55 Å². The molecule has 8 fully saturated rings. The van der Waals surface area contributed by atoms with Crippen molar-refractivity contribution in [3.63, 3.8) is 0 Å². The van der Waals surface area contributed by atoms with E-state index in [2.05, 4.69) is 51.8 Å². The average molecular weight is 847 g/mol. The smallest absolute Gasteiger partial charge is 0.394 e. The summed E-state index contributed by atoms with van der Waals surface area (Å²) in [5, 5.41) is 65.7. The van der Waals surface area contributed by atoms with Crippen LogP contribution in [-0.2, 0) is 43.0 Å². The van der Waals surface area contributed by atoms with Crippen LogP contribution in [0.4, 0.5) is 0 Å². The predicted molar refractivity (Wildman–Crippen MR) is 203 cm³/mol. The molecule has 0 radical (unpaired) electrons. The van der Waals surface area contributed by atoms with Gasteiger partial charge in [0.1, 0.15) is 42.7 Å². The molecule has 0 aromatic carbocycles. The van der Waals surface area contributed by atoms with Crippen LogP contribution in [0.3, 0.4) is 0 Å². The molecule has 58 heavy (non-hydrogen) atoms. The quantitative estimate of drug-likeness (QED) is 0.0995. The lowest BCUT2D eigenvalue weighted by molar-refractivity contribution is -0.351. The molecule has 2 bridgehead atoms. The average Bonchev–Trinajstić information content (AvgIpc) is 3.76. The van der Waals surface area contributed by atoms with E-state index in [0.717, 1.165) is 44.1 Å². The summed E-state index contributed by atoms with van der Waals surface area (Å²) in [4.78, 5) is 0. The van der Waals surface area contributed by atoms with Gasteiger partial charge in [-0.2, -0.15) is 8.42 Å². The van der Waals surface area contributed by atoms with Crippen LogP contribution in [0.2, 0.25) is 0 Å². The molecule has 4 aliphatic heterocycles. The highest BCUT2D eigenvalue weighted by atomic mass is 32.3. The van der Waals surface area contributed by atoms with Gasteiger partial charge in [-0.1, -0.05) is 39.3 Å². The Morgan fingerprint density at radius 1 is 0.828 bits per heavy atom. The molecule has 4 aliphatic carbocycles. The molecule has 0 amide bonds. The highest BCUT2D eigenvalue weighted by molar-refractivity contribution is 7.80. The fourth-order valence-electron chi connectivity index (χ4n) is 14.5. The van der Waals surface area contributed by atoms with E-state index in [9.17, 15) is 43.6 Å². The van der Waals surface area contributed by atoms with Gasteiger partial charge in [-0.15, -0.1) is 0 Å². The Kier molecular flexibility index (Phi) is 11.0. The van der Waals surface area contributed by atoms with E-state index < -0.39 is 102 Å². The van der Waals surface area contributed by atoms with Crippen LogP contribution in [0.15, 0.2) is 11.6 Å². The monoisotopic (exact) mass is 846 g/mol. The molecular formula is C41H66O16S. The Labute approximate surface area is 341 Å². The number of hydrogen-bond acceptors (Lipinski definition) is 15. The van der Waals surface area contributed by atoms with Crippen molar-refractivity contribution in [2.75, 3.05) is 26.4 Å². The molecule has 20 unspecified atom stereocenters. The molecule has 4 heterocycles. The molecule has 8 aliphatic rings. The number of allylic oxidation sites excluding steroid dienone is 1. The number of fused-ring (bicyclic) bond motifs is 4. The summed E-state index contributed by atoms with van der Waals surface area (Å²) < 4.78 is 74.3. The lowest BCUT2D eigenvalue weighted by Crippen LogP contribution is -2.68. The second-order valence-electron chi connectivity index (χ2n) is 20.6. The number of aliphatic hydroxyl groups excluding tert-OH is 5. The molecule has 0 aromatic rings. The second-order valence-corrected chi connectivity index (χ2v) is 21.7. The van der Waals surface area contributed by atoms with Crippen molar-refractivity contribution in [1.29, 1.82) is 0 Å². The third kappa shape index (κ3) is 6.46. The Hall–Kier alpha value is -0.870. The molecule has 16 nitrogen and oxygen atoms in total. The summed E-state index contributed by atoms with van der Waals surface area (Å²) >= 11 is 0. The van der Waals surface area contributed by atoms with E-state index in [0.29, 0.717) is 25.6 Å². The largest absolute Gasteiger partial charge is 0.397 e. The van der Waals surface area contributed by atoms with E-state index in [1.165, 1.54) is 0 Å². The van der Waals surface area contributed by atoms with Crippen molar-refractivity contribution in [3.8, 4) is 0 Å². The Bertz CT molecular complexity index is 1700. The highest BCUT2D eigenvalue weighted by Crippen LogP contribution is 2.80. The van der Waals surface area contributed by atoms with Gasteiger partial charge in [0, 0.05) is 23.7 Å². The third-order valence-electron chi connectivity index (χ3n) is 17.1. The van der Waals surface area contributed by atoms with Gasteiger partial charge in [0.25, 0.3) is 0 Å². The van der Waals surface area contributed by atoms with Crippen molar-refractivity contribution in [2.45, 2.75) is 166 Å². The number of ether oxygens (including phenoxy) is 6. The van der Waals surface area contributed by atoms with E-state index >= 15 is 0 Å². The maximum Gasteiger partial charge on any atom is 0.397 e. The first-order valence-electron chi connectivity index (χ1n) is 21.2. The van der Waals surface area contributed by atoms with Crippen molar-refractivity contribution in [2.24, 2.45) is 51.2 Å². The standard InChI is InChI=1S/C41H66O16S/c1-20(2)14-21-16-51-41-18-40(19-52-41)22(33(41)39(21,7)47)8-9-26-37(5)12-11-27(36(3,4)25(37)10-13-38(26,40)6)56-35-31(46)32(29(44)24(55-35)17-53-58(48,49)50)57-34-30(45)28(43)23(15-42)54-34/h14,21-35,42-47H,8-13,15-19H2,1-7H3,(H,48,49,50). The minimum absolute atomic E-state index is 0.0731. The van der Waals surface area contributed by atoms with E-state index in [1.807, 2.05) is 6.92 Å². The van der Waals surface area contributed by atoms with E-state index in [-0.39, 0.29) is 39.9 Å². The summed E-state index contributed by atoms with van der Waals surface area (Å²) in [6.07, 6.45) is -6.09. The van der Waals surface area contributed by atoms with Crippen LogP contribution in [0.1, 0.15) is 93.4 Å². The molecule has 8 rings (SSSR count). The summed E-state index contributed by atoms with van der Waals surface area (Å²) in [5.41, 5.74) is -0.576. The highest BCUT2D eigenvalue weighted by Gasteiger charge is 2.81. The van der Waals surface area contributed by atoms with E-state index in [1.54, 1.807) is 0 Å². The molecule has 7 N–H and O–H groups in total. The first kappa shape index (κ1) is 43.8. The van der Waals surface area contributed by atoms with Crippen molar-refractivity contribution in [3.05, 3.63) is 11.6 Å². The zero-order valence-corrected chi connectivity index (χ0v) is 35.5. The van der Waals surface area contributed by atoms with Gasteiger partial charge in [-0.25, -0.2) is 4.18 Å². The molecule has 4 saturated heterocycles. The van der Waals surface area contributed by atoms with Crippen LogP contribution in [0, 0.1) is 51.2 Å². The fraction of sp³-hybridized carbons (Fsp3) is 0.951. The van der Waals surface area contributed by atoms with Gasteiger partial charge >= 0.3 is 10.4 Å². The molecule has 20 atom stereocenters. The zero-order valence-electron chi connectivity index (χ0n) is 34.7. The SMILES string of the molecule is CC(C)=CC1COC23CC4(CO2)C(CCC2C5(C)CCC(OC6OC(COS(=O)(=O)O)C(O)C(OC7OC(CO)C(O)C7O)C6O)C(C)(C)C5CCC24C)C3C1(C)O. The third-order valence-corrected chi connectivity index (χ3v) is 17.6. The van der Waals surface area contributed by atoms with Crippen LogP contribution < -0.4 is 0 Å². The second kappa shape index (κ2) is 14.6. The summed E-state index contributed by atoms with van der Waals surface area (Å²) in [6, 6.07) is 0. The number of hydrogen-bond donors (Lipinski definition) is 7. The molecular weight excluding hydrogens is 781 g/mol. The minimum atomic E-state index is -4.94. The fourth-order valence-corrected chi connectivity index (χ4v) is 14.8. The number of rotatable bonds is 9. The van der Waals surface area contributed by atoms with Crippen molar-refractivity contribution >= 4 is 10.4 Å². The molecule has 2 spiro atoms. The maximum absolute atomic E-state index is 12.4. The first-order valence-corrected chi connectivity index (χ1v) is 22.5. The van der Waals surface area contributed by atoms with Crippen molar-refractivity contribution < 1.29 is 76.2 Å². The minimum Gasteiger partial charge on any atom is -0.394 e. The topological polar surface area (TPSA) is 240 Å². The molecule has 17 heteroatoms. The lowest BCUT2D eigenvalue weighted by atomic mass is 9.35. The van der Waals surface area contributed by atoms with Gasteiger partial charge in [0.15, 0.2) is 18.4 Å². The summed E-state index contributed by atoms with van der Waals surface area (Å²) in [5.74, 6) is -0.211. The number of aliphatic hydroxyl groups is 6. The van der Waals surface area contributed by atoms with Crippen LogP contribution >= 0.6 is 0 Å². The normalized spacial score (nSPS) is 54.6. The zero-order chi connectivity index (χ0) is 42.2. The molecule has 0 aromatic heterocycles. The Morgan fingerprint density at radius 3 is 2.17 bits per heavy atom. The van der Waals surface area contributed by atoms with Gasteiger partial charge in [-0.05, 0) is 93.3 Å². The summed E-state index contributed by atoms with van der Waals surface area (Å²) in [6.45, 7) is 14.9. The lowest BCUT2D eigenvalue weighted by Gasteiger charge is -2.70. The van der Waals surface area contributed by atoms with Gasteiger partial charge < -0.3 is 59.1 Å². The van der Waals surface area contributed by atoms with Crippen LogP contribution in [0.25, 0.3) is 0 Å².